The standard InChI is InChI=1S/C48H62N10O3S/c1-31(2)58(7)20-17-55(18-21-58)19-22-61-48-27-45(5)24-46(6,28-48)26-47(25-45,29-48)30-57-33(4)36(23-49-57)35-14-15-39(51-40(35)43(59)60)56-16-10-11-34-32(3)41(53-54-42(34)56)52-44-50-37-12-8-9-13-38(37)62-44/h8-9,12-15,23,31H,10-11,16-22,24-30H2,1-7H3,(H-,50,52,53,59,60)/p+1/t45-,46+,47?,48?. The van der Waals surface area contributed by atoms with Gasteiger partial charge in [-0.2, -0.15) is 5.10 Å². The number of benzene rings is 1. The molecule has 2 N–H and O–H groups in total. The van der Waals surface area contributed by atoms with Crippen LogP contribution in [0.1, 0.15) is 99.9 Å². The number of aromatic nitrogens is 6. The molecule has 4 saturated carbocycles. The molecule has 14 heteroatoms. The SMILES string of the molecule is Cc1c(Nc2nc3ccccc3s2)nnc2c1CCCN2c1ccc(-c2cnn(CC34CC5(OCCN6CC[N+](C)(C(C)C)CC6)C[C@](C)(C3)C[C@](C)(C4)C5)c2C)c(C(=O)O)n1. The maximum absolute atomic E-state index is 13.0. The van der Waals surface area contributed by atoms with E-state index < -0.39 is 5.97 Å². The second-order valence-electron chi connectivity index (χ2n) is 21.1. The molecule has 62 heavy (non-hydrogen) atoms. The number of rotatable bonds is 12. The largest absolute Gasteiger partial charge is 0.476 e. The number of para-hydroxylation sites is 1. The number of piperazine rings is 1. The number of carboxylic acid groups (broad SMARTS) is 1. The smallest absolute Gasteiger partial charge is 0.355 e. The Morgan fingerprint density at radius 1 is 0.952 bits per heavy atom. The third-order valence-electron chi connectivity index (χ3n) is 15.7. The summed E-state index contributed by atoms with van der Waals surface area (Å²) >= 11 is 1.58. The summed E-state index contributed by atoms with van der Waals surface area (Å²) in [6.45, 7) is 21.8. The first-order valence-corrected chi connectivity index (χ1v) is 23.6. The minimum atomic E-state index is -1.07. The fraction of sp³-hybridized carbons (Fsp3) is 0.583. The van der Waals surface area contributed by atoms with E-state index >= 15 is 0 Å². The molecule has 13 nitrogen and oxygen atoms in total. The summed E-state index contributed by atoms with van der Waals surface area (Å²) in [6, 6.07) is 12.5. The van der Waals surface area contributed by atoms with E-state index in [0.717, 1.165) is 107 Å². The third kappa shape index (κ3) is 7.38. The lowest BCUT2D eigenvalue weighted by atomic mass is 9.39. The molecule has 6 aliphatic rings. The Kier molecular flexibility index (Phi) is 10.1. The zero-order valence-electron chi connectivity index (χ0n) is 37.6. The third-order valence-corrected chi connectivity index (χ3v) is 16.7. The van der Waals surface area contributed by atoms with Crippen molar-refractivity contribution in [2.75, 3.05) is 63.1 Å². The monoisotopic (exact) mass is 859 g/mol. The Labute approximate surface area is 369 Å². The van der Waals surface area contributed by atoms with E-state index in [0.29, 0.717) is 35.6 Å². The number of carboxylic acids is 1. The van der Waals surface area contributed by atoms with E-state index in [9.17, 15) is 9.90 Å². The number of nitrogens with one attached hydrogen (secondary N) is 1. The summed E-state index contributed by atoms with van der Waals surface area (Å²) in [5.74, 6) is 0.866. The van der Waals surface area contributed by atoms with Gasteiger partial charge in [0.2, 0.25) is 0 Å². The Morgan fingerprint density at radius 2 is 1.71 bits per heavy atom. The van der Waals surface area contributed by atoms with Crippen LogP contribution in [0.4, 0.5) is 22.6 Å². The van der Waals surface area contributed by atoms with Gasteiger partial charge in [-0.1, -0.05) is 37.3 Å². The van der Waals surface area contributed by atoms with Gasteiger partial charge in [0.1, 0.15) is 5.82 Å². The maximum Gasteiger partial charge on any atom is 0.355 e. The lowest BCUT2D eigenvalue weighted by Gasteiger charge is -2.69. The van der Waals surface area contributed by atoms with Gasteiger partial charge in [-0.3, -0.25) is 9.58 Å². The van der Waals surface area contributed by atoms with Crippen LogP contribution in [0, 0.1) is 30.1 Å². The van der Waals surface area contributed by atoms with Crippen molar-refractivity contribution in [3.8, 4) is 11.1 Å². The predicted molar refractivity (Wildman–Crippen MR) is 245 cm³/mol. The number of carbonyl (C=O) groups is 1. The van der Waals surface area contributed by atoms with Crippen LogP contribution < -0.4 is 10.2 Å². The summed E-state index contributed by atoms with van der Waals surface area (Å²) in [4.78, 5) is 27.2. The van der Waals surface area contributed by atoms with Crippen molar-refractivity contribution < 1.29 is 19.1 Å². The van der Waals surface area contributed by atoms with Gasteiger partial charge in [0, 0.05) is 60.7 Å². The number of fused-ring (bicyclic) bond motifs is 2. The Balaban J connectivity index is 0.870. The molecular weight excluding hydrogens is 797 g/mol. The lowest BCUT2D eigenvalue weighted by Crippen LogP contribution is -2.64. The summed E-state index contributed by atoms with van der Waals surface area (Å²) in [6.07, 6.45) is 10.5. The molecule has 0 radical (unpaired) electrons. The van der Waals surface area contributed by atoms with E-state index in [1.807, 2.05) is 41.4 Å². The van der Waals surface area contributed by atoms with Crippen molar-refractivity contribution in [1.82, 2.24) is 34.8 Å². The Hall–Kier alpha value is -4.50. The molecule has 0 spiro atoms. The van der Waals surface area contributed by atoms with Gasteiger partial charge in [-0.05, 0) is 120 Å². The van der Waals surface area contributed by atoms with Gasteiger partial charge >= 0.3 is 5.97 Å². The average molecular weight is 860 g/mol. The quantitative estimate of drug-likeness (QED) is 0.117. The van der Waals surface area contributed by atoms with E-state index in [1.165, 1.54) is 32.4 Å². The van der Waals surface area contributed by atoms with Crippen molar-refractivity contribution in [2.45, 2.75) is 111 Å². The van der Waals surface area contributed by atoms with Gasteiger partial charge in [-0.25, -0.2) is 14.8 Å². The topological polar surface area (TPSA) is 134 Å². The normalized spacial score (nSPS) is 27.9. The highest BCUT2D eigenvalue weighted by Gasteiger charge is 2.66. The van der Waals surface area contributed by atoms with Crippen molar-refractivity contribution >= 4 is 50.1 Å². The maximum atomic E-state index is 13.0. The zero-order chi connectivity index (χ0) is 43.2. The molecule has 11 rings (SSSR count). The van der Waals surface area contributed by atoms with Crippen molar-refractivity contribution in [3.05, 3.63) is 65.1 Å². The first-order chi connectivity index (χ1) is 29.6. The molecule has 4 atom stereocenters. The highest BCUT2D eigenvalue weighted by Crippen LogP contribution is 2.72. The highest BCUT2D eigenvalue weighted by atomic mass is 32.1. The van der Waals surface area contributed by atoms with E-state index in [2.05, 4.69) is 79.8 Å². The van der Waals surface area contributed by atoms with E-state index in [1.54, 1.807) is 11.3 Å². The number of hydrogen-bond acceptors (Lipinski definition) is 11. The van der Waals surface area contributed by atoms with Crippen molar-refractivity contribution in [2.24, 2.45) is 16.2 Å². The average Bonchev–Trinajstić information content (AvgIpc) is 3.79. The number of likely N-dealkylation sites (N-methyl/N-ethyl adjacent to an activating group) is 1. The van der Waals surface area contributed by atoms with Gasteiger partial charge in [0.15, 0.2) is 22.5 Å². The lowest BCUT2D eigenvalue weighted by molar-refractivity contribution is -0.933. The fourth-order valence-electron chi connectivity index (χ4n) is 13.4. The molecule has 6 heterocycles. The van der Waals surface area contributed by atoms with Gasteiger partial charge in [-0.15, -0.1) is 10.2 Å². The molecule has 4 aromatic heterocycles. The van der Waals surface area contributed by atoms with Crippen LogP contribution in [-0.2, 0) is 17.7 Å². The second kappa shape index (κ2) is 15.1. The minimum Gasteiger partial charge on any atom is -0.476 e. The molecule has 4 aliphatic carbocycles. The molecular formula is C48H63N10O3S+. The van der Waals surface area contributed by atoms with Crippen LogP contribution in [-0.4, -0.2) is 115 Å². The van der Waals surface area contributed by atoms with Crippen molar-refractivity contribution in [3.63, 3.8) is 0 Å². The van der Waals surface area contributed by atoms with Gasteiger partial charge in [0.05, 0.1) is 54.8 Å². The molecule has 5 aromatic rings. The van der Waals surface area contributed by atoms with Gasteiger partial charge in [0.25, 0.3) is 0 Å². The van der Waals surface area contributed by atoms with Crippen LogP contribution in [0.25, 0.3) is 21.3 Å². The van der Waals surface area contributed by atoms with Gasteiger partial charge < -0.3 is 24.5 Å². The predicted octanol–water partition coefficient (Wildman–Crippen LogP) is 8.79. The Bertz CT molecular complexity index is 2490. The molecule has 1 saturated heterocycles. The van der Waals surface area contributed by atoms with Crippen LogP contribution in [0.15, 0.2) is 42.6 Å². The summed E-state index contributed by atoms with van der Waals surface area (Å²) in [7, 11) is 2.41. The molecule has 2 unspecified atom stereocenters. The summed E-state index contributed by atoms with van der Waals surface area (Å²) < 4.78 is 11.6. The fourth-order valence-corrected chi connectivity index (χ4v) is 14.2. The number of ether oxygens (including phenoxy) is 1. The molecule has 328 valence electrons. The van der Waals surface area contributed by atoms with E-state index in [-0.39, 0.29) is 27.5 Å². The number of anilines is 4. The molecule has 1 aromatic carbocycles. The number of nitrogens with zero attached hydrogens (tertiary/aromatic N) is 9. The first-order valence-electron chi connectivity index (χ1n) is 22.8. The first kappa shape index (κ1) is 41.5. The van der Waals surface area contributed by atoms with Crippen LogP contribution >= 0.6 is 11.3 Å². The molecule has 2 aliphatic heterocycles. The van der Waals surface area contributed by atoms with Crippen LogP contribution in [0.2, 0.25) is 0 Å². The minimum absolute atomic E-state index is 0.0136. The second-order valence-corrected chi connectivity index (χ2v) is 22.1. The highest BCUT2D eigenvalue weighted by molar-refractivity contribution is 7.22. The summed E-state index contributed by atoms with van der Waals surface area (Å²) in [5, 5.41) is 29.1. The number of quaternary nitrogens is 1. The zero-order valence-corrected chi connectivity index (χ0v) is 38.4. The molecule has 0 amide bonds. The Morgan fingerprint density at radius 3 is 2.44 bits per heavy atom. The molecule has 5 fully saturated rings. The number of pyridine rings is 1. The molecule has 4 bridgehead atoms. The van der Waals surface area contributed by atoms with Crippen LogP contribution in [0.5, 0.6) is 0 Å². The van der Waals surface area contributed by atoms with Crippen LogP contribution in [0.3, 0.4) is 0 Å². The number of thiazole rings is 1. The van der Waals surface area contributed by atoms with E-state index in [4.69, 9.17) is 19.8 Å². The summed E-state index contributed by atoms with van der Waals surface area (Å²) in [5.41, 5.74) is 5.81. The van der Waals surface area contributed by atoms with Crippen molar-refractivity contribution in [1.29, 1.82) is 0 Å². The number of aromatic carboxylic acids is 1. The number of hydrogen-bond donors (Lipinski definition) is 2.